The topological polar surface area (TPSA) is 20.2 Å². The molecule has 1 saturated carbocycles. The standard InChI is InChI=1S/C19H30O/c1-4-5-16-8-10-18(11-9-16)19(20)13-17-7-6-14(2)15(3)12-17/h6-7,12,16,18-20H,4-5,8-11,13H2,1-3H3. The summed E-state index contributed by atoms with van der Waals surface area (Å²) in [6, 6.07) is 6.59. The lowest BCUT2D eigenvalue weighted by Gasteiger charge is -2.31. The molecule has 2 rings (SSSR count). The average molecular weight is 274 g/mol. The van der Waals surface area contributed by atoms with E-state index in [2.05, 4.69) is 39.0 Å². The van der Waals surface area contributed by atoms with Crippen molar-refractivity contribution in [1.82, 2.24) is 0 Å². The van der Waals surface area contributed by atoms with Gasteiger partial charge in [0.15, 0.2) is 0 Å². The summed E-state index contributed by atoms with van der Waals surface area (Å²) in [6.45, 7) is 6.58. The highest BCUT2D eigenvalue weighted by molar-refractivity contribution is 5.30. The molecular formula is C19H30O. The van der Waals surface area contributed by atoms with Crippen LogP contribution in [0.1, 0.15) is 62.1 Å². The molecule has 1 aromatic carbocycles. The lowest BCUT2D eigenvalue weighted by Crippen LogP contribution is -2.27. The number of aliphatic hydroxyl groups is 1. The number of hydrogen-bond acceptors (Lipinski definition) is 1. The monoisotopic (exact) mass is 274 g/mol. The summed E-state index contributed by atoms with van der Waals surface area (Å²) in [6.07, 6.45) is 8.43. The smallest absolute Gasteiger partial charge is 0.0608 e. The van der Waals surface area contributed by atoms with E-state index in [1.165, 1.54) is 55.2 Å². The fourth-order valence-corrected chi connectivity index (χ4v) is 3.61. The molecule has 0 spiro atoms. The molecule has 0 radical (unpaired) electrons. The number of aryl methyl sites for hydroxylation is 2. The minimum absolute atomic E-state index is 0.153. The molecule has 1 aromatic rings. The van der Waals surface area contributed by atoms with Gasteiger partial charge < -0.3 is 5.11 Å². The van der Waals surface area contributed by atoms with Gasteiger partial charge in [0.25, 0.3) is 0 Å². The van der Waals surface area contributed by atoms with E-state index in [9.17, 15) is 5.11 Å². The quantitative estimate of drug-likeness (QED) is 0.816. The molecular weight excluding hydrogens is 244 g/mol. The van der Waals surface area contributed by atoms with Crippen molar-refractivity contribution < 1.29 is 5.11 Å². The van der Waals surface area contributed by atoms with E-state index >= 15 is 0 Å². The molecule has 1 atom stereocenters. The maximum atomic E-state index is 10.5. The Balaban J connectivity index is 1.86. The van der Waals surface area contributed by atoms with Crippen molar-refractivity contribution in [3.8, 4) is 0 Å². The molecule has 1 N–H and O–H groups in total. The molecule has 112 valence electrons. The average Bonchev–Trinajstić information content (AvgIpc) is 2.44. The molecule has 1 unspecified atom stereocenters. The summed E-state index contributed by atoms with van der Waals surface area (Å²) in [5, 5.41) is 10.5. The van der Waals surface area contributed by atoms with Gasteiger partial charge in [0, 0.05) is 0 Å². The summed E-state index contributed by atoms with van der Waals surface area (Å²) in [4.78, 5) is 0. The van der Waals surface area contributed by atoms with Crippen LogP contribution in [0, 0.1) is 25.7 Å². The van der Waals surface area contributed by atoms with Crippen LogP contribution in [0.3, 0.4) is 0 Å². The van der Waals surface area contributed by atoms with Crippen molar-refractivity contribution in [3.63, 3.8) is 0 Å². The van der Waals surface area contributed by atoms with Crippen LogP contribution in [-0.2, 0) is 6.42 Å². The number of rotatable bonds is 5. The van der Waals surface area contributed by atoms with Gasteiger partial charge in [-0.25, -0.2) is 0 Å². The van der Waals surface area contributed by atoms with Crippen molar-refractivity contribution in [2.45, 2.75) is 71.8 Å². The lowest BCUT2D eigenvalue weighted by molar-refractivity contribution is 0.0728. The lowest BCUT2D eigenvalue weighted by atomic mass is 9.77. The minimum atomic E-state index is -0.153. The van der Waals surface area contributed by atoms with Crippen LogP contribution in [0.2, 0.25) is 0 Å². The van der Waals surface area contributed by atoms with E-state index in [4.69, 9.17) is 0 Å². The van der Waals surface area contributed by atoms with Gasteiger partial charge in [0.1, 0.15) is 0 Å². The fourth-order valence-electron chi connectivity index (χ4n) is 3.61. The molecule has 20 heavy (non-hydrogen) atoms. The van der Waals surface area contributed by atoms with Crippen LogP contribution in [0.15, 0.2) is 18.2 Å². The first-order valence-corrected chi connectivity index (χ1v) is 8.34. The van der Waals surface area contributed by atoms with Crippen LogP contribution in [0.25, 0.3) is 0 Å². The number of benzene rings is 1. The zero-order valence-corrected chi connectivity index (χ0v) is 13.4. The summed E-state index contributed by atoms with van der Waals surface area (Å²) >= 11 is 0. The zero-order valence-electron chi connectivity index (χ0n) is 13.4. The second kappa shape index (κ2) is 7.26. The van der Waals surface area contributed by atoms with Gasteiger partial charge in [-0.1, -0.05) is 50.8 Å². The van der Waals surface area contributed by atoms with E-state index in [0.717, 1.165) is 12.3 Å². The second-order valence-corrected chi connectivity index (χ2v) is 6.76. The highest BCUT2D eigenvalue weighted by Crippen LogP contribution is 2.34. The first-order chi connectivity index (χ1) is 9.60. The Labute approximate surface area is 124 Å². The Kier molecular flexibility index (Phi) is 5.65. The molecule has 1 nitrogen and oxygen atoms in total. The summed E-state index contributed by atoms with van der Waals surface area (Å²) < 4.78 is 0. The predicted molar refractivity (Wildman–Crippen MR) is 86.0 cm³/mol. The molecule has 0 bridgehead atoms. The SMILES string of the molecule is CCCC1CCC(C(O)Cc2ccc(C)c(C)c2)CC1. The first-order valence-electron chi connectivity index (χ1n) is 8.34. The van der Waals surface area contributed by atoms with Gasteiger partial charge in [-0.15, -0.1) is 0 Å². The third-order valence-corrected chi connectivity index (χ3v) is 5.15. The maximum absolute atomic E-state index is 10.5. The van der Waals surface area contributed by atoms with Crippen LogP contribution >= 0.6 is 0 Å². The molecule has 1 aliphatic rings. The van der Waals surface area contributed by atoms with Crippen LogP contribution in [0.5, 0.6) is 0 Å². The predicted octanol–water partition coefficient (Wildman–Crippen LogP) is 4.81. The van der Waals surface area contributed by atoms with E-state index in [1.807, 2.05) is 0 Å². The highest BCUT2D eigenvalue weighted by Gasteiger charge is 2.26. The minimum Gasteiger partial charge on any atom is -0.392 e. The fraction of sp³-hybridized carbons (Fsp3) is 0.684. The Morgan fingerprint density at radius 2 is 1.80 bits per heavy atom. The van der Waals surface area contributed by atoms with Crippen LogP contribution in [0.4, 0.5) is 0 Å². The molecule has 0 aromatic heterocycles. The van der Waals surface area contributed by atoms with Gasteiger partial charge in [-0.3, -0.25) is 0 Å². The van der Waals surface area contributed by atoms with E-state index in [-0.39, 0.29) is 6.10 Å². The summed E-state index contributed by atoms with van der Waals surface area (Å²) in [7, 11) is 0. The van der Waals surface area contributed by atoms with Crippen LogP contribution < -0.4 is 0 Å². The van der Waals surface area contributed by atoms with E-state index < -0.39 is 0 Å². The van der Waals surface area contributed by atoms with Crippen molar-refractivity contribution in [2.24, 2.45) is 11.8 Å². The molecule has 1 aliphatic carbocycles. The molecule has 1 fully saturated rings. The van der Waals surface area contributed by atoms with Gasteiger partial charge >= 0.3 is 0 Å². The van der Waals surface area contributed by atoms with Crippen LogP contribution in [-0.4, -0.2) is 11.2 Å². The molecule has 1 heteroatoms. The molecule has 0 amide bonds. The van der Waals surface area contributed by atoms with Crippen molar-refractivity contribution in [3.05, 3.63) is 34.9 Å². The Morgan fingerprint density at radius 3 is 2.40 bits per heavy atom. The third-order valence-electron chi connectivity index (χ3n) is 5.15. The summed E-state index contributed by atoms with van der Waals surface area (Å²) in [5.74, 6) is 1.44. The first kappa shape index (κ1) is 15.6. The highest BCUT2D eigenvalue weighted by atomic mass is 16.3. The normalized spacial score (nSPS) is 24.6. The Bertz CT molecular complexity index is 416. The Morgan fingerprint density at radius 1 is 1.10 bits per heavy atom. The van der Waals surface area contributed by atoms with E-state index in [1.54, 1.807) is 0 Å². The van der Waals surface area contributed by atoms with Crippen molar-refractivity contribution >= 4 is 0 Å². The largest absolute Gasteiger partial charge is 0.392 e. The summed E-state index contributed by atoms with van der Waals surface area (Å²) in [5.41, 5.74) is 3.96. The molecule has 0 heterocycles. The van der Waals surface area contributed by atoms with Gasteiger partial charge in [-0.05, 0) is 61.6 Å². The number of aliphatic hydroxyl groups excluding tert-OH is 1. The van der Waals surface area contributed by atoms with Gasteiger partial charge in [-0.2, -0.15) is 0 Å². The molecule has 0 saturated heterocycles. The molecule has 0 aliphatic heterocycles. The third kappa shape index (κ3) is 4.09. The maximum Gasteiger partial charge on any atom is 0.0608 e. The van der Waals surface area contributed by atoms with Gasteiger partial charge in [0.2, 0.25) is 0 Å². The Hall–Kier alpha value is -0.820. The second-order valence-electron chi connectivity index (χ2n) is 6.76. The van der Waals surface area contributed by atoms with Crippen molar-refractivity contribution in [2.75, 3.05) is 0 Å². The zero-order chi connectivity index (χ0) is 14.5. The number of hydrogen-bond donors (Lipinski definition) is 1. The van der Waals surface area contributed by atoms with Crippen molar-refractivity contribution in [1.29, 1.82) is 0 Å². The van der Waals surface area contributed by atoms with Gasteiger partial charge in [0.05, 0.1) is 6.10 Å². The van der Waals surface area contributed by atoms with E-state index in [0.29, 0.717) is 5.92 Å².